The second-order valence-electron chi connectivity index (χ2n) is 9.07. The molecule has 0 aromatic heterocycles. The molecule has 0 heterocycles. The van der Waals surface area contributed by atoms with Crippen LogP contribution in [0.1, 0.15) is 74.7 Å². The fraction of sp³-hybridized carbons (Fsp3) is 0.900. The van der Waals surface area contributed by atoms with Crippen LogP contribution in [-0.4, -0.2) is 43.4 Å². The lowest BCUT2D eigenvalue weighted by Crippen LogP contribution is -2.38. The minimum atomic E-state index is -4.80. The van der Waals surface area contributed by atoms with E-state index in [-0.39, 0.29) is 35.9 Å². The van der Waals surface area contributed by atoms with Gasteiger partial charge in [0.2, 0.25) is 0 Å². The van der Waals surface area contributed by atoms with Crippen LogP contribution in [0.4, 0.5) is 0 Å². The van der Waals surface area contributed by atoms with Crippen molar-refractivity contribution < 1.29 is 32.0 Å². The third-order valence-electron chi connectivity index (χ3n) is 6.06. The van der Waals surface area contributed by atoms with E-state index in [0.29, 0.717) is 0 Å². The van der Waals surface area contributed by atoms with Crippen molar-refractivity contribution in [2.24, 2.45) is 22.7 Å². The van der Waals surface area contributed by atoms with Gasteiger partial charge in [-0.2, -0.15) is 8.42 Å². The molecule has 3 atom stereocenters. The van der Waals surface area contributed by atoms with Crippen LogP contribution in [-0.2, 0) is 29.2 Å². The third kappa shape index (κ3) is 8.47. The molecule has 0 aliphatic carbocycles. The molecule has 0 radical (unpaired) electrons. The van der Waals surface area contributed by atoms with Gasteiger partial charge in [-0.25, -0.2) is 0 Å². The van der Waals surface area contributed by atoms with Gasteiger partial charge in [-0.15, -0.1) is 0 Å². The number of rotatable bonds is 12. The van der Waals surface area contributed by atoms with Crippen LogP contribution in [0.3, 0.4) is 0 Å². The molecule has 0 aliphatic rings. The van der Waals surface area contributed by atoms with Crippen LogP contribution in [0.5, 0.6) is 0 Å². The zero-order valence-corrected chi connectivity index (χ0v) is 19.4. The van der Waals surface area contributed by atoms with Crippen molar-refractivity contribution in [1.82, 2.24) is 0 Å². The van der Waals surface area contributed by atoms with Crippen molar-refractivity contribution in [3.8, 4) is 0 Å². The Morgan fingerprint density at radius 1 is 0.893 bits per heavy atom. The minimum Gasteiger partial charge on any atom is -0.465 e. The van der Waals surface area contributed by atoms with Gasteiger partial charge >= 0.3 is 11.9 Å². The van der Waals surface area contributed by atoms with Crippen LogP contribution < -0.4 is 0 Å². The van der Waals surface area contributed by atoms with Crippen LogP contribution in [0.2, 0.25) is 0 Å². The summed E-state index contributed by atoms with van der Waals surface area (Å²) in [4.78, 5) is 24.4. The van der Waals surface area contributed by atoms with E-state index in [1.165, 1.54) is 0 Å². The highest BCUT2D eigenvalue weighted by Crippen LogP contribution is 2.30. The molecule has 0 saturated heterocycles. The van der Waals surface area contributed by atoms with E-state index in [1.807, 2.05) is 55.4 Å². The van der Waals surface area contributed by atoms with Gasteiger partial charge in [-0.05, 0) is 11.8 Å². The fourth-order valence-corrected chi connectivity index (χ4v) is 3.18. The quantitative estimate of drug-likeness (QED) is 0.376. The molecule has 3 unspecified atom stereocenters. The summed E-state index contributed by atoms with van der Waals surface area (Å²) in [5.41, 5.74) is -0.659. The minimum absolute atomic E-state index is 0.0110. The van der Waals surface area contributed by atoms with Gasteiger partial charge < -0.3 is 9.47 Å². The molecule has 7 nitrogen and oxygen atoms in total. The zero-order valence-electron chi connectivity index (χ0n) is 18.6. The first-order valence-corrected chi connectivity index (χ1v) is 11.4. The lowest BCUT2D eigenvalue weighted by Gasteiger charge is -2.31. The Labute approximate surface area is 170 Å². The molecule has 1 N–H and O–H groups in total. The Balaban J connectivity index is 5.02. The third-order valence-corrected chi connectivity index (χ3v) is 7.14. The molecule has 0 bridgehead atoms. The van der Waals surface area contributed by atoms with E-state index in [1.54, 1.807) is 0 Å². The van der Waals surface area contributed by atoms with Gasteiger partial charge in [-0.3, -0.25) is 14.1 Å². The Hall–Kier alpha value is -1.15. The topological polar surface area (TPSA) is 107 Å². The first-order chi connectivity index (χ1) is 12.6. The van der Waals surface area contributed by atoms with E-state index in [2.05, 4.69) is 0 Å². The molecule has 0 saturated carbocycles. The summed E-state index contributed by atoms with van der Waals surface area (Å²) in [6.07, 6.45) is 0.985. The van der Waals surface area contributed by atoms with E-state index in [4.69, 9.17) is 9.47 Å². The highest BCUT2D eigenvalue weighted by atomic mass is 32.2. The van der Waals surface area contributed by atoms with Gasteiger partial charge in [0.05, 0.1) is 19.6 Å². The lowest BCUT2D eigenvalue weighted by molar-refractivity contribution is -0.154. The molecule has 0 spiro atoms. The van der Waals surface area contributed by atoms with Gasteiger partial charge in [0, 0.05) is 10.8 Å². The average Bonchev–Trinajstić information content (AvgIpc) is 2.59. The predicted octanol–water partition coefficient (Wildman–Crippen LogP) is 3.86. The summed E-state index contributed by atoms with van der Waals surface area (Å²) in [5.74, 6) is -1.49. The second kappa shape index (κ2) is 10.6. The number of hydrogen-bond donors (Lipinski definition) is 1. The summed E-state index contributed by atoms with van der Waals surface area (Å²) in [6.45, 7) is 15.9. The Morgan fingerprint density at radius 2 is 1.29 bits per heavy atom. The first-order valence-electron chi connectivity index (χ1n) is 9.87. The van der Waals surface area contributed by atoms with E-state index < -0.39 is 33.7 Å². The lowest BCUT2D eigenvalue weighted by atomic mass is 9.79. The van der Waals surface area contributed by atoms with E-state index in [9.17, 15) is 22.6 Å². The molecule has 166 valence electrons. The molecule has 28 heavy (non-hydrogen) atoms. The summed E-state index contributed by atoms with van der Waals surface area (Å²) in [5, 5.41) is -1.99. The molecular weight excluding hydrogens is 384 g/mol. The number of hydrogen-bond acceptors (Lipinski definition) is 6. The maximum Gasteiger partial charge on any atom is 0.327 e. The zero-order chi connectivity index (χ0) is 22.3. The van der Waals surface area contributed by atoms with Crippen molar-refractivity contribution in [2.45, 2.75) is 79.9 Å². The Kier molecular flexibility index (Phi) is 10.1. The van der Waals surface area contributed by atoms with Crippen LogP contribution in [0, 0.1) is 22.7 Å². The molecule has 8 heteroatoms. The standard InChI is InChI=1S/C20H38O7S/c1-9-14(3)19(5,6)12-26-17(21)11-16(28(23,24)25)18(22)27-13-20(7,8)15(4)10-2/h14-16H,9-13H2,1-8H3,(H,23,24,25). The number of carbonyl (C=O) groups excluding carboxylic acids is 2. The summed E-state index contributed by atoms with van der Waals surface area (Å²) in [6, 6.07) is 0. The fourth-order valence-electron chi connectivity index (χ4n) is 2.53. The number of ether oxygens (including phenoxy) is 2. The van der Waals surface area contributed by atoms with Crippen molar-refractivity contribution in [2.75, 3.05) is 13.2 Å². The van der Waals surface area contributed by atoms with Gasteiger partial charge in [0.25, 0.3) is 10.1 Å². The van der Waals surface area contributed by atoms with Crippen LogP contribution in [0.25, 0.3) is 0 Å². The maximum absolute atomic E-state index is 12.3. The molecule has 0 aliphatic heterocycles. The first kappa shape index (κ1) is 26.9. The van der Waals surface area contributed by atoms with Crippen LogP contribution >= 0.6 is 0 Å². The number of esters is 2. The molecule has 0 aromatic rings. The van der Waals surface area contributed by atoms with Crippen molar-refractivity contribution in [3.05, 3.63) is 0 Å². The molecular formula is C20H38O7S. The van der Waals surface area contributed by atoms with Crippen molar-refractivity contribution in [3.63, 3.8) is 0 Å². The maximum atomic E-state index is 12.3. The highest BCUT2D eigenvalue weighted by molar-refractivity contribution is 7.87. The Morgan fingerprint density at radius 3 is 1.64 bits per heavy atom. The SMILES string of the molecule is CCC(C)C(C)(C)COC(=O)CC(C(=O)OCC(C)(C)C(C)CC)S(=O)(=O)O. The largest absolute Gasteiger partial charge is 0.465 e. The van der Waals surface area contributed by atoms with Crippen molar-refractivity contribution >= 4 is 22.1 Å². The molecule has 0 fully saturated rings. The summed E-state index contributed by atoms with van der Waals surface area (Å²) in [7, 11) is -4.80. The summed E-state index contributed by atoms with van der Waals surface area (Å²) >= 11 is 0. The van der Waals surface area contributed by atoms with E-state index in [0.717, 1.165) is 12.8 Å². The van der Waals surface area contributed by atoms with Crippen LogP contribution in [0.15, 0.2) is 0 Å². The monoisotopic (exact) mass is 422 g/mol. The van der Waals surface area contributed by atoms with Crippen molar-refractivity contribution in [1.29, 1.82) is 0 Å². The van der Waals surface area contributed by atoms with Gasteiger partial charge in [-0.1, -0.05) is 68.2 Å². The molecule has 0 rings (SSSR count). The van der Waals surface area contributed by atoms with E-state index >= 15 is 0 Å². The molecule has 0 amide bonds. The highest BCUT2D eigenvalue weighted by Gasteiger charge is 2.38. The van der Waals surface area contributed by atoms with Gasteiger partial charge in [0.15, 0.2) is 5.25 Å². The van der Waals surface area contributed by atoms with Gasteiger partial charge in [0.1, 0.15) is 0 Å². The number of carbonyl (C=O) groups is 2. The predicted molar refractivity (Wildman–Crippen MR) is 108 cm³/mol. The Bertz CT molecular complexity index is 622. The molecule has 0 aromatic carbocycles. The second-order valence-corrected chi connectivity index (χ2v) is 10.7. The summed E-state index contributed by atoms with van der Waals surface area (Å²) < 4.78 is 43.0. The smallest absolute Gasteiger partial charge is 0.327 e. The normalized spacial score (nSPS) is 16.2. The average molecular weight is 423 g/mol.